The third kappa shape index (κ3) is 6.09. The summed E-state index contributed by atoms with van der Waals surface area (Å²) in [5, 5.41) is 17.8. The van der Waals surface area contributed by atoms with E-state index in [-0.39, 0.29) is 36.7 Å². The Hall–Kier alpha value is -3.59. The highest BCUT2D eigenvalue weighted by Crippen LogP contribution is 2.43. The van der Waals surface area contributed by atoms with E-state index in [1.165, 1.54) is 6.33 Å². The molecule has 1 saturated heterocycles. The Labute approximate surface area is 246 Å². The van der Waals surface area contributed by atoms with Crippen LogP contribution < -0.4 is 15.8 Å². The average Bonchev–Trinajstić information content (AvgIpc) is 3.66. The minimum atomic E-state index is -4.59. The van der Waals surface area contributed by atoms with Crippen LogP contribution in [0.5, 0.6) is 5.88 Å². The van der Waals surface area contributed by atoms with Crippen molar-refractivity contribution in [1.29, 1.82) is 0 Å². The van der Waals surface area contributed by atoms with Crippen molar-refractivity contribution in [2.24, 2.45) is 5.73 Å². The number of nitrogens with zero attached hydrogens (tertiary/aromatic N) is 6. The second-order valence-corrected chi connectivity index (χ2v) is 11.6. The number of aromatic amines is 1. The standard InChI is InChI=1S/C29H36F3N9O2/c1-18(15-42)35-12-19-8-24(29(30,31)32)39-25(9-19)43-22-3-6-40(7-4-22)21-10-28(11-21,16-33)41-14-20(13-38-41)26-23-2-5-34-27(23)37-17-36-26/h2,5,8-9,13-14,17-18,21-22,35,42H,3-4,6-7,10-12,15-16,33H2,1H3,(H,34,36,37)/t18-,21?,28?/m0/s1. The predicted octanol–water partition coefficient (Wildman–Crippen LogP) is 3.07. The summed E-state index contributed by atoms with van der Waals surface area (Å²) in [5.41, 5.74) is 7.94. The van der Waals surface area contributed by atoms with E-state index in [4.69, 9.17) is 10.5 Å². The molecule has 2 fully saturated rings. The molecule has 0 aromatic carbocycles. The second-order valence-electron chi connectivity index (χ2n) is 11.6. The summed E-state index contributed by atoms with van der Waals surface area (Å²) in [6, 6.07) is 4.60. The number of halogens is 3. The zero-order chi connectivity index (χ0) is 30.2. The van der Waals surface area contributed by atoms with Crippen LogP contribution in [0.15, 0.2) is 43.1 Å². The first-order valence-electron chi connectivity index (χ1n) is 14.5. The lowest BCUT2D eigenvalue weighted by Gasteiger charge is -2.52. The Morgan fingerprint density at radius 2 is 2.02 bits per heavy atom. The maximum atomic E-state index is 13.5. The zero-order valence-corrected chi connectivity index (χ0v) is 23.9. The molecule has 14 heteroatoms. The molecule has 230 valence electrons. The third-order valence-electron chi connectivity index (χ3n) is 8.67. The SMILES string of the molecule is C[C@@H](CO)NCc1cc(OC2CCN(C3CC(CN)(n4cc(-c5ncnc6[nH]ccc56)cn4)C3)CC2)nc(C(F)(F)F)c1. The van der Waals surface area contributed by atoms with Gasteiger partial charge in [0.25, 0.3) is 0 Å². The van der Waals surface area contributed by atoms with Crippen LogP contribution in [0.25, 0.3) is 22.3 Å². The maximum Gasteiger partial charge on any atom is 0.433 e. The third-order valence-corrected chi connectivity index (χ3v) is 8.67. The van der Waals surface area contributed by atoms with Gasteiger partial charge in [0.15, 0.2) is 0 Å². The zero-order valence-electron chi connectivity index (χ0n) is 23.9. The van der Waals surface area contributed by atoms with Gasteiger partial charge in [0.05, 0.1) is 24.0 Å². The minimum absolute atomic E-state index is 0.0254. The Bertz CT molecular complexity index is 1540. The number of piperidine rings is 1. The number of rotatable bonds is 10. The van der Waals surface area contributed by atoms with Crippen LogP contribution in [0.2, 0.25) is 0 Å². The molecule has 5 heterocycles. The van der Waals surface area contributed by atoms with Crippen molar-refractivity contribution in [2.75, 3.05) is 26.2 Å². The summed E-state index contributed by atoms with van der Waals surface area (Å²) < 4.78 is 48.5. The number of nitrogens with one attached hydrogen (secondary N) is 2. The number of hydrogen-bond donors (Lipinski definition) is 4. The van der Waals surface area contributed by atoms with Gasteiger partial charge >= 0.3 is 6.18 Å². The highest BCUT2D eigenvalue weighted by atomic mass is 19.4. The van der Waals surface area contributed by atoms with Crippen LogP contribution in [-0.4, -0.2) is 84.2 Å². The number of aromatic nitrogens is 6. The predicted molar refractivity (Wildman–Crippen MR) is 153 cm³/mol. The van der Waals surface area contributed by atoms with E-state index in [9.17, 15) is 18.3 Å². The lowest BCUT2D eigenvalue weighted by molar-refractivity contribution is -0.141. The van der Waals surface area contributed by atoms with Crippen molar-refractivity contribution < 1.29 is 23.0 Å². The molecular formula is C29H36F3N9O2. The second kappa shape index (κ2) is 11.8. The molecule has 11 nitrogen and oxygen atoms in total. The van der Waals surface area contributed by atoms with Gasteiger partial charge in [-0.25, -0.2) is 15.0 Å². The van der Waals surface area contributed by atoms with Gasteiger partial charge in [-0.2, -0.15) is 18.3 Å². The van der Waals surface area contributed by atoms with E-state index in [0.29, 0.717) is 31.0 Å². The molecule has 1 atom stereocenters. The van der Waals surface area contributed by atoms with Crippen molar-refractivity contribution in [1.82, 2.24) is 39.9 Å². The van der Waals surface area contributed by atoms with Gasteiger partial charge in [-0.15, -0.1) is 0 Å². The number of aliphatic hydroxyl groups excluding tert-OH is 1. The number of hydrogen-bond acceptors (Lipinski definition) is 9. The van der Waals surface area contributed by atoms with E-state index in [2.05, 4.69) is 35.3 Å². The summed E-state index contributed by atoms with van der Waals surface area (Å²) in [6.07, 6.45) is 5.48. The molecule has 4 aromatic rings. The molecule has 0 amide bonds. The summed E-state index contributed by atoms with van der Waals surface area (Å²) in [7, 11) is 0. The minimum Gasteiger partial charge on any atom is -0.474 e. The summed E-state index contributed by atoms with van der Waals surface area (Å²) in [5.74, 6) is -0.0254. The number of nitrogens with two attached hydrogens (primary N) is 1. The molecule has 1 saturated carbocycles. The lowest BCUT2D eigenvalue weighted by atomic mass is 9.71. The van der Waals surface area contributed by atoms with Crippen LogP contribution in [0.1, 0.15) is 43.9 Å². The summed E-state index contributed by atoms with van der Waals surface area (Å²) in [6.45, 7) is 3.81. The fourth-order valence-electron chi connectivity index (χ4n) is 6.08. The molecule has 1 aliphatic heterocycles. The van der Waals surface area contributed by atoms with Gasteiger partial charge < -0.3 is 25.9 Å². The van der Waals surface area contributed by atoms with E-state index in [0.717, 1.165) is 54.3 Å². The van der Waals surface area contributed by atoms with Gasteiger partial charge in [0, 0.05) is 67.7 Å². The fraction of sp³-hybridized carbons (Fsp3) is 0.517. The number of aliphatic hydroxyl groups is 1. The molecule has 6 rings (SSSR count). The summed E-state index contributed by atoms with van der Waals surface area (Å²) in [4.78, 5) is 18.0. The van der Waals surface area contributed by atoms with Crippen LogP contribution in [0.4, 0.5) is 13.2 Å². The van der Waals surface area contributed by atoms with E-state index in [1.807, 2.05) is 29.3 Å². The number of alkyl halides is 3. The molecule has 5 N–H and O–H groups in total. The van der Waals surface area contributed by atoms with Crippen molar-refractivity contribution in [2.45, 2.75) is 69.1 Å². The highest BCUT2D eigenvalue weighted by molar-refractivity contribution is 5.90. The summed E-state index contributed by atoms with van der Waals surface area (Å²) >= 11 is 0. The van der Waals surface area contributed by atoms with Gasteiger partial charge in [-0.1, -0.05) is 0 Å². The smallest absolute Gasteiger partial charge is 0.433 e. The van der Waals surface area contributed by atoms with E-state index >= 15 is 0 Å². The monoisotopic (exact) mass is 599 g/mol. The van der Waals surface area contributed by atoms with Gasteiger partial charge in [0.1, 0.15) is 23.8 Å². The van der Waals surface area contributed by atoms with Crippen LogP contribution in [-0.2, 0) is 18.3 Å². The topological polar surface area (TPSA) is 143 Å². The van der Waals surface area contributed by atoms with E-state index in [1.54, 1.807) is 13.0 Å². The Kier molecular flexibility index (Phi) is 8.11. The molecule has 0 spiro atoms. The maximum absolute atomic E-state index is 13.5. The number of fused-ring (bicyclic) bond motifs is 1. The quantitative estimate of drug-likeness (QED) is 0.216. The fourth-order valence-corrected chi connectivity index (χ4v) is 6.08. The highest BCUT2D eigenvalue weighted by Gasteiger charge is 2.48. The van der Waals surface area contributed by atoms with Crippen molar-refractivity contribution >= 4 is 11.0 Å². The molecule has 43 heavy (non-hydrogen) atoms. The molecule has 0 bridgehead atoms. The molecule has 1 aliphatic carbocycles. The van der Waals surface area contributed by atoms with Gasteiger partial charge in [-0.05, 0) is 50.3 Å². The number of pyridine rings is 1. The van der Waals surface area contributed by atoms with E-state index < -0.39 is 11.9 Å². The lowest BCUT2D eigenvalue weighted by Crippen LogP contribution is -2.61. The van der Waals surface area contributed by atoms with Crippen molar-refractivity contribution in [3.05, 3.63) is 54.4 Å². The molecule has 0 unspecified atom stereocenters. The Morgan fingerprint density at radius 1 is 1.23 bits per heavy atom. The van der Waals surface area contributed by atoms with Crippen LogP contribution in [0, 0.1) is 0 Å². The molecule has 2 aliphatic rings. The first kappa shape index (κ1) is 29.5. The Morgan fingerprint density at radius 3 is 2.74 bits per heavy atom. The Balaban J connectivity index is 1.06. The number of H-pyrrole nitrogens is 1. The molecular weight excluding hydrogens is 563 g/mol. The largest absolute Gasteiger partial charge is 0.474 e. The average molecular weight is 600 g/mol. The normalized spacial score (nSPS) is 22.5. The first-order valence-corrected chi connectivity index (χ1v) is 14.5. The van der Waals surface area contributed by atoms with Crippen molar-refractivity contribution in [3.8, 4) is 17.1 Å². The van der Waals surface area contributed by atoms with Crippen LogP contribution >= 0.6 is 0 Å². The van der Waals surface area contributed by atoms with Gasteiger partial charge in [0.2, 0.25) is 5.88 Å². The molecule has 4 aromatic heterocycles. The number of likely N-dealkylation sites (tertiary alicyclic amines) is 1. The van der Waals surface area contributed by atoms with Crippen LogP contribution in [0.3, 0.4) is 0 Å². The first-order chi connectivity index (χ1) is 20.7. The van der Waals surface area contributed by atoms with Gasteiger partial charge in [-0.3, -0.25) is 9.58 Å². The molecule has 0 radical (unpaired) electrons. The number of ether oxygens (including phenoxy) is 1. The van der Waals surface area contributed by atoms with Crippen molar-refractivity contribution in [3.63, 3.8) is 0 Å².